The van der Waals surface area contributed by atoms with Gasteiger partial charge in [0.1, 0.15) is 0 Å². The van der Waals surface area contributed by atoms with E-state index in [0.29, 0.717) is 30.2 Å². The first kappa shape index (κ1) is 23.6. The number of hydrogen-bond donors (Lipinski definition) is 1. The van der Waals surface area contributed by atoms with Gasteiger partial charge in [-0.15, -0.1) is 0 Å². The molecule has 0 spiro atoms. The number of amides is 3. The Labute approximate surface area is 197 Å². The Morgan fingerprint density at radius 3 is 2.15 bits per heavy atom. The molecule has 2 aliphatic heterocycles. The number of carbonyl (C=O) groups is 3. The van der Waals surface area contributed by atoms with Crippen LogP contribution in [-0.2, 0) is 9.59 Å². The lowest BCUT2D eigenvalue weighted by Gasteiger charge is -2.38. The van der Waals surface area contributed by atoms with E-state index >= 15 is 0 Å². The topological polar surface area (TPSA) is 73.0 Å². The van der Waals surface area contributed by atoms with Crippen molar-refractivity contribution in [2.24, 2.45) is 11.8 Å². The normalized spacial score (nSPS) is 19.8. The van der Waals surface area contributed by atoms with Gasteiger partial charge in [-0.1, -0.05) is 26.7 Å². The van der Waals surface area contributed by atoms with Crippen LogP contribution in [0.25, 0.3) is 0 Å². The van der Waals surface area contributed by atoms with Crippen molar-refractivity contribution in [2.45, 2.75) is 58.8 Å². The van der Waals surface area contributed by atoms with Crippen molar-refractivity contribution in [1.29, 1.82) is 0 Å². The minimum absolute atomic E-state index is 0.0369. The van der Waals surface area contributed by atoms with Crippen molar-refractivity contribution in [3.8, 4) is 0 Å². The van der Waals surface area contributed by atoms with Gasteiger partial charge in [0, 0.05) is 62.5 Å². The van der Waals surface area contributed by atoms with Crippen LogP contribution in [0.1, 0.15) is 69.2 Å². The molecule has 7 nitrogen and oxygen atoms in total. The van der Waals surface area contributed by atoms with Gasteiger partial charge in [-0.2, -0.15) is 0 Å². The summed E-state index contributed by atoms with van der Waals surface area (Å²) in [6, 6.07) is 5.68. The zero-order valence-electron chi connectivity index (χ0n) is 20.1. The summed E-state index contributed by atoms with van der Waals surface area (Å²) in [7, 11) is 0. The van der Waals surface area contributed by atoms with E-state index in [1.54, 1.807) is 0 Å². The van der Waals surface area contributed by atoms with Crippen LogP contribution >= 0.6 is 0 Å². The number of nitrogens with zero attached hydrogens (tertiary/aromatic N) is 3. The van der Waals surface area contributed by atoms with Gasteiger partial charge < -0.3 is 20.0 Å². The van der Waals surface area contributed by atoms with Gasteiger partial charge in [-0.05, 0) is 50.3 Å². The average molecular weight is 455 g/mol. The van der Waals surface area contributed by atoms with Crippen LogP contribution in [0.4, 0.5) is 11.4 Å². The second-order valence-electron chi connectivity index (χ2n) is 10.0. The van der Waals surface area contributed by atoms with E-state index in [1.807, 2.05) is 41.8 Å². The van der Waals surface area contributed by atoms with Crippen molar-refractivity contribution < 1.29 is 14.4 Å². The highest BCUT2D eigenvalue weighted by molar-refractivity contribution is 6.02. The van der Waals surface area contributed by atoms with E-state index in [4.69, 9.17) is 0 Å². The number of anilines is 2. The second-order valence-corrected chi connectivity index (χ2v) is 10.0. The molecule has 3 aliphatic rings. The van der Waals surface area contributed by atoms with Crippen molar-refractivity contribution >= 4 is 29.1 Å². The van der Waals surface area contributed by atoms with E-state index in [-0.39, 0.29) is 23.7 Å². The van der Waals surface area contributed by atoms with Crippen LogP contribution in [0.2, 0.25) is 0 Å². The number of piperidine rings is 1. The molecule has 3 fully saturated rings. The second kappa shape index (κ2) is 10.6. The van der Waals surface area contributed by atoms with Crippen molar-refractivity contribution in [2.75, 3.05) is 49.5 Å². The summed E-state index contributed by atoms with van der Waals surface area (Å²) in [5.41, 5.74) is 2.21. The highest BCUT2D eigenvalue weighted by Gasteiger charge is 2.31. The molecule has 1 aliphatic carbocycles. The predicted molar refractivity (Wildman–Crippen MR) is 130 cm³/mol. The summed E-state index contributed by atoms with van der Waals surface area (Å²) in [4.78, 5) is 44.8. The Morgan fingerprint density at radius 1 is 0.848 bits per heavy atom. The Bertz CT molecular complexity index is 864. The Hall–Kier alpha value is -2.57. The SMILES string of the molecule is CC(C)C(=O)Nc1ccc(N2CCN(C(=O)C3CCCC3)CC2)c(C(=O)N2CCCCC2)c1. The number of benzene rings is 1. The zero-order chi connectivity index (χ0) is 23.4. The fraction of sp³-hybridized carbons (Fsp3) is 0.654. The lowest BCUT2D eigenvalue weighted by atomic mass is 10.0. The number of piperazine rings is 1. The van der Waals surface area contributed by atoms with Gasteiger partial charge in [0.05, 0.1) is 5.56 Å². The van der Waals surface area contributed by atoms with E-state index < -0.39 is 0 Å². The minimum Gasteiger partial charge on any atom is -0.367 e. The molecule has 1 N–H and O–H groups in total. The summed E-state index contributed by atoms with van der Waals surface area (Å²) >= 11 is 0. The van der Waals surface area contributed by atoms with E-state index in [9.17, 15) is 14.4 Å². The van der Waals surface area contributed by atoms with Crippen LogP contribution in [0.5, 0.6) is 0 Å². The first-order chi connectivity index (χ1) is 15.9. The van der Waals surface area contributed by atoms with E-state index in [0.717, 1.165) is 76.8 Å². The molecule has 0 unspecified atom stereocenters. The fourth-order valence-electron chi connectivity index (χ4n) is 5.21. The standard InChI is InChI=1S/C26H38N4O3/c1-19(2)24(31)27-21-10-11-23(22(18-21)26(33)29-12-6-3-7-13-29)28-14-16-30(17-15-28)25(32)20-8-4-5-9-20/h10-11,18-20H,3-9,12-17H2,1-2H3,(H,27,31). The molecule has 1 aromatic carbocycles. The lowest BCUT2D eigenvalue weighted by molar-refractivity contribution is -0.135. The number of carbonyl (C=O) groups excluding carboxylic acids is 3. The summed E-state index contributed by atoms with van der Waals surface area (Å²) in [6.07, 6.45) is 7.61. The molecule has 0 radical (unpaired) electrons. The average Bonchev–Trinajstić information content (AvgIpc) is 3.39. The maximum Gasteiger partial charge on any atom is 0.256 e. The predicted octanol–water partition coefficient (Wildman–Crippen LogP) is 3.75. The van der Waals surface area contributed by atoms with Crippen molar-refractivity contribution in [3.63, 3.8) is 0 Å². The monoisotopic (exact) mass is 454 g/mol. The molecule has 7 heteroatoms. The highest BCUT2D eigenvalue weighted by atomic mass is 16.2. The van der Waals surface area contributed by atoms with Crippen LogP contribution < -0.4 is 10.2 Å². The van der Waals surface area contributed by atoms with Crippen LogP contribution in [0, 0.1) is 11.8 Å². The molecule has 0 atom stereocenters. The zero-order valence-corrected chi connectivity index (χ0v) is 20.1. The van der Waals surface area contributed by atoms with Gasteiger partial charge in [0.2, 0.25) is 11.8 Å². The molecule has 33 heavy (non-hydrogen) atoms. The third-order valence-corrected chi connectivity index (χ3v) is 7.30. The van der Waals surface area contributed by atoms with E-state index in [1.165, 1.54) is 0 Å². The molecule has 2 saturated heterocycles. The number of rotatable bonds is 5. The summed E-state index contributed by atoms with van der Waals surface area (Å²) in [5.74, 6) is 0.365. The molecular formula is C26H38N4O3. The Morgan fingerprint density at radius 2 is 1.52 bits per heavy atom. The third kappa shape index (κ3) is 5.50. The molecule has 4 rings (SSSR count). The van der Waals surface area contributed by atoms with Gasteiger partial charge in [0.15, 0.2) is 0 Å². The number of nitrogens with one attached hydrogen (secondary N) is 1. The largest absolute Gasteiger partial charge is 0.367 e. The van der Waals surface area contributed by atoms with Gasteiger partial charge in [-0.3, -0.25) is 14.4 Å². The van der Waals surface area contributed by atoms with Gasteiger partial charge in [-0.25, -0.2) is 0 Å². The molecule has 3 amide bonds. The number of hydrogen-bond acceptors (Lipinski definition) is 4. The molecular weight excluding hydrogens is 416 g/mol. The highest BCUT2D eigenvalue weighted by Crippen LogP contribution is 2.30. The molecule has 1 saturated carbocycles. The molecule has 0 bridgehead atoms. The van der Waals surface area contributed by atoms with Gasteiger partial charge in [0.25, 0.3) is 5.91 Å². The summed E-state index contributed by atoms with van der Waals surface area (Å²) in [5, 5.41) is 2.94. The van der Waals surface area contributed by atoms with E-state index in [2.05, 4.69) is 10.2 Å². The minimum atomic E-state index is -0.128. The molecule has 180 valence electrons. The van der Waals surface area contributed by atoms with Gasteiger partial charge >= 0.3 is 0 Å². The third-order valence-electron chi connectivity index (χ3n) is 7.30. The van der Waals surface area contributed by atoms with Crippen LogP contribution in [-0.4, -0.2) is 66.8 Å². The molecule has 2 heterocycles. The molecule has 0 aromatic heterocycles. The summed E-state index contributed by atoms with van der Waals surface area (Å²) < 4.78 is 0. The van der Waals surface area contributed by atoms with Crippen molar-refractivity contribution in [3.05, 3.63) is 23.8 Å². The molecule has 1 aromatic rings. The first-order valence-electron chi connectivity index (χ1n) is 12.7. The quantitative estimate of drug-likeness (QED) is 0.736. The Balaban J connectivity index is 1.51. The summed E-state index contributed by atoms with van der Waals surface area (Å²) in [6.45, 7) is 8.10. The number of likely N-dealkylation sites (tertiary alicyclic amines) is 1. The maximum atomic E-state index is 13.5. The first-order valence-corrected chi connectivity index (χ1v) is 12.7. The Kier molecular flexibility index (Phi) is 7.56. The fourth-order valence-corrected chi connectivity index (χ4v) is 5.21. The van der Waals surface area contributed by atoms with Crippen LogP contribution in [0.3, 0.4) is 0 Å². The lowest BCUT2D eigenvalue weighted by Crippen LogP contribution is -2.50. The van der Waals surface area contributed by atoms with Crippen molar-refractivity contribution in [1.82, 2.24) is 9.80 Å². The maximum absolute atomic E-state index is 13.5. The smallest absolute Gasteiger partial charge is 0.256 e. The van der Waals surface area contributed by atoms with Crippen LogP contribution in [0.15, 0.2) is 18.2 Å².